The lowest BCUT2D eigenvalue weighted by molar-refractivity contribution is 0.0949. The molecule has 0 aliphatic heterocycles. The molecule has 0 atom stereocenters. The number of ether oxygens (including phenoxy) is 2. The molecule has 1 amide bonds. The average Bonchev–Trinajstić information content (AvgIpc) is 3.24. The van der Waals surface area contributed by atoms with E-state index >= 15 is 0 Å². The maximum Gasteiger partial charge on any atom is 0.251 e. The lowest BCUT2D eigenvalue weighted by Crippen LogP contribution is -2.24. The van der Waals surface area contributed by atoms with Crippen molar-refractivity contribution in [2.45, 2.75) is 45.7 Å². The molecular formula is C29H33N3O3. The van der Waals surface area contributed by atoms with Gasteiger partial charge in [-0.25, -0.2) is 4.98 Å². The van der Waals surface area contributed by atoms with Crippen molar-refractivity contribution in [3.8, 4) is 11.5 Å². The Labute approximate surface area is 206 Å². The number of carbonyl (C=O) groups excluding carboxylic acids is 1. The quantitative estimate of drug-likeness (QED) is 0.274. The molecule has 0 bridgehead atoms. The summed E-state index contributed by atoms with van der Waals surface area (Å²) >= 11 is 0. The van der Waals surface area contributed by atoms with Crippen molar-refractivity contribution in [1.29, 1.82) is 0 Å². The van der Waals surface area contributed by atoms with Gasteiger partial charge in [0.25, 0.3) is 5.91 Å². The van der Waals surface area contributed by atoms with E-state index in [1.807, 2.05) is 30.3 Å². The van der Waals surface area contributed by atoms with E-state index in [2.05, 4.69) is 41.9 Å². The van der Waals surface area contributed by atoms with Gasteiger partial charge in [-0.2, -0.15) is 0 Å². The summed E-state index contributed by atoms with van der Waals surface area (Å²) in [6.07, 6.45) is 1.88. The smallest absolute Gasteiger partial charge is 0.251 e. The van der Waals surface area contributed by atoms with Crippen LogP contribution >= 0.6 is 0 Å². The number of unbranched alkanes of at least 4 members (excludes halogenated alkanes) is 1. The first kappa shape index (κ1) is 24.3. The number of aryl methyl sites for hydroxylation is 1. The van der Waals surface area contributed by atoms with Crippen molar-refractivity contribution in [2.24, 2.45) is 0 Å². The standard InChI is InChI=1S/C29H33N3O3/c1-21(2)24-10-4-7-13-27(24)35-19-9-8-18-32-26-12-6-5-11-25(26)31-28(32)20-30-29(33)22-14-16-23(34-3)17-15-22/h4-7,10-17,21H,8-9,18-20H2,1-3H3,(H,30,33). The Bertz CT molecular complexity index is 1260. The molecule has 6 nitrogen and oxygen atoms in total. The van der Waals surface area contributed by atoms with Gasteiger partial charge >= 0.3 is 0 Å². The molecule has 0 radical (unpaired) electrons. The lowest BCUT2D eigenvalue weighted by Gasteiger charge is -2.14. The van der Waals surface area contributed by atoms with Gasteiger partial charge in [0, 0.05) is 12.1 Å². The van der Waals surface area contributed by atoms with Crippen LogP contribution in [0.5, 0.6) is 11.5 Å². The van der Waals surface area contributed by atoms with E-state index in [0.717, 1.165) is 47.7 Å². The van der Waals surface area contributed by atoms with Gasteiger partial charge in [-0.3, -0.25) is 4.79 Å². The van der Waals surface area contributed by atoms with Crippen LogP contribution < -0.4 is 14.8 Å². The summed E-state index contributed by atoms with van der Waals surface area (Å²) in [6.45, 7) is 6.20. The maximum absolute atomic E-state index is 12.6. The number of rotatable bonds is 11. The summed E-state index contributed by atoms with van der Waals surface area (Å²) in [5.41, 5.74) is 3.84. The van der Waals surface area contributed by atoms with E-state index in [-0.39, 0.29) is 5.91 Å². The summed E-state index contributed by atoms with van der Waals surface area (Å²) in [4.78, 5) is 17.4. The fourth-order valence-electron chi connectivity index (χ4n) is 4.16. The highest BCUT2D eigenvalue weighted by Crippen LogP contribution is 2.26. The van der Waals surface area contributed by atoms with E-state index in [4.69, 9.17) is 14.5 Å². The second kappa shape index (κ2) is 11.6. The number of imidazole rings is 1. The second-order valence-electron chi connectivity index (χ2n) is 8.83. The average molecular weight is 472 g/mol. The number of aromatic nitrogens is 2. The van der Waals surface area contributed by atoms with Gasteiger partial charge in [-0.05, 0) is 66.8 Å². The van der Waals surface area contributed by atoms with Crippen LogP contribution in [-0.4, -0.2) is 29.2 Å². The minimum absolute atomic E-state index is 0.136. The summed E-state index contributed by atoms with van der Waals surface area (Å²) in [6, 6.07) is 23.4. The third-order valence-electron chi connectivity index (χ3n) is 6.07. The van der Waals surface area contributed by atoms with Crippen LogP contribution in [0.4, 0.5) is 0 Å². The molecule has 0 fully saturated rings. The third-order valence-corrected chi connectivity index (χ3v) is 6.07. The second-order valence-corrected chi connectivity index (χ2v) is 8.83. The Morgan fingerprint density at radius 1 is 0.971 bits per heavy atom. The van der Waals surface area contributed by atoms with Gasteiger partial charge in [-0.15, -0.1) is 0 Å². The Balaban J connectivity index is 1.37. The number of nitrogens with zero attached hydrogens (tertiary/aromatic N) is 2. The molecule has 4 aromatic rings. The molecule has 6 heteroatoms. The molecule has 0 aliphatic carbocycles. The predicted octanol–water partition coefficient (Wildman–Crippen LogP) is 5.96. The van der Waals surface area contributed by atoms with E-state index in [0.29, 0.717) is 24.6 Å². The van der Waals surface area contributed by atoms with E-state index in [9.17, 15) is 4.79 Å². The van der Waals surface area contributed by atoms with Crippen molar-refractivity contribution in [2.75, 3.05) is 13.7 Å². The summed E-state index contributed by atoms with van der Waals surface area (Å²) in [5.74, 6) is 2.83. The van der Waals surface area contributed by atoms with Crippen LogP contribution in [-0.2, 0) is 13.1 Å². The Kier molecular flexibility index (Phi) is 8.03. The zero-order valence-electron chi connectivity index (χ0n) is 20.7. The molecule has 1 heterocycles. The number of benzene rings is 3. The Morgan fingerprint density at radius 2 is 1.71 bits per heavy atom. The minimum Gasteiger partial charge on any atom is -0.497 e. The highest BCUT2D eigenvalue weighted by molar-refractivity contribution is 5.94. The molecule has 182 valence electrons. The van der Waals surface area contributed by atoms with Crippen LogP contribution in [0, 0.1) is 0 Å². The fraction of sp³-hybridized carbons (Fsp3) is 0.310. The highest BCUT2D eigenvalue weighted by Gasteiger charge is 2.13. The van der Waals surface area contributed by atoms with Crippen molar-refractivity contribution in [1.82, 2.24) is 14.9 Å². The molecule has 0 unspecified atom stereocenters. The van der Waals surface area contributed by atoms with Gasteiger partial charge < -0.3 is 19.4 Å². The summed E-state index contributed by atoms with van der Waals surface area (Å²) in [7, 11) is 1.61. The van der Waals surface area contributed by atoms with Crippen molar-refractivity contribution in [3.63, 3.8) is 0 Å². The van der Waals surface area contributed by atoms with Gasteiger partial charge in [0.05, 0.1) is 31.3 Å². The van der Waals surface area contributed by atoms with E-state index in [1.165, 1.54) is 5.56 Å². The number of hydrogen-bond acceptors (Lipinski definition) is 4. The Morgan fingerprint density at radius 3 is 2.49 bits per heavy atom. The number of methoxy groups -OCH3 is 1. The van der Waals surface area contributed by atoms with Crippen molar-refractivity contribution >= 4 is 16.9 Å². The number of fused-ring (bicyclic) bond motifs is 1. The molecule has 35 heavy (non-hydrogen) atoms. The first-order chi connectivity index (χ1) is 17.1. The largest absolute Gasteiger partial charge is 0.497 e. The molecule has 1 N–H and O–H groups in total. The van der Waals surface area contributed by atoms with Crippen molar-refractivity contribution in [3.05, 3.63) is 89.7 Å². The van der Waals surface area contributed by atoms with Gasteiger partial charge in [0.15, 0.2) is 0 Å². The predicted molar refractivity (Wildman–Crippen MR) is 139 cm³/mol. The van der Waals surface area contributed by atoms with Gasteiger partial charge in [0.2, 0.25) is 0 Å². The number of nitrogens with one attached hydrogen (secondary N) is 1. The highest BCUT2D eigenvalue weighted by atomic mass is 16.5. The normalized spacial score (nSPS) is 11.1. The molecular weight excluding hydrogens is 438 g/mol. The molecule has 0 saturated carbocycles. The molecule has 0 aliphatic rings. The number of amides is 1. The fourth-order valence-corrected chi connectivity index (χ4v) is 4.16. The molecule has 3 aromatic carbocycles. The number of hydrogen-bond donors (Lipinski definition) is 1. The van der Waals surface area contributed by atoms with E-state index < -0.39 is 0 Å². The first-order valence-corrected chi connectivity index (χ1v) is 12.1. The van der Waals surface area contributed by atoms with Gasteiger partial charge in [-0.1, -0.05) is 44.2 Å². The Hall–Kier alpha value is -3.80. The molecule has 1 aromatic heterocycles. The van der Waals surface area contributed by atoms with Crippen LogP contribution in [0.1, 0.15) is 54.4 Å². The number of carbonyl (C=O) groups is 1. The van der Waals surface area contributed by atoms with Crippen LogP contribution in [0.3, 0.4) is 0 Å². The van der Waals surface area contributed by atoms with Crippen LogP contribution in [0.2, 0.25) is 0 Å². The maximum atomic E-state index is 12.6. The zero-order valence-corrected chi connectivity index (χ0v) is 20.7. The topological polar surface area (TPSA) is 65.4 Å². The first-order valence-electron chi connectivity index (χ1n) is 12.1. The zero-order chi connectivity index (χ0) is 24.6. The van der Waals surface area contributed by atoms with E-state index in [1.54, 1.807) is 31.4 Å². The molecule has 0 spiro atoms. The monoisotopic (exact) mass is 471 g/mol. The molecule has 4 rings (SSSR count). The summed E-state index contributed by atoms with van der Waals surface area (Å²) < 4.78 is 13.5. The van der Waals surface area contributed by atoms with Gasteiger partial charge in [0.1, 0.15) is 17.3 Å². The van der Waals surface area contributed by atoms with Crippen molar-refractivity contribution < 1.29 is 14.3 Å². The van der Waals surface area contributed by atoms with Crippen LogP contribution in [0.15, 0.2) is 72.8 Å². The summed E-state index contributed by atoms with van der Waals surface area (Å²) in [5, 5.41) is 3.01. The SMILES string of the molecule is COc1ccc(C(=O)NCc2nc3ccccc3n2CCCCOc2ccccc2C(C)C)cc1. The third kappa shape index (κ3) is 6.01. The van der Waals surface area contributed by atoms with Crippen LogP contribution in [0.25, 0.3) is 11.0 Å². The molecule has 0 saturated heterocycles. The minimum atomic E-state index is -0.136. The lowest BCUT2D eigenvalue weighted by atomic mass is 10.0. The number of para-hydroxylation sites is 3.